The number of hydrogen-bond donors (Lipinski definition) is 0. The molecule has 2 aromatic rings. The largest absolute Gasteiger partial charge is 0.444 e. The van der Waals surface area contributed by atoms with E-state index >= 15 is 0 Å². The molecule has 1 amide bonds. The van der Waals surface area contributed by atoms with Gasteiger partial charge >= 0.3 is 6.09 Å². The topological polar surface area (TPSA) is 69.5 Å². The van der Waals surface area contributed by atoms with Gasteiger partial charge in [-0.15, -0.1) is 10.2 Å². The highest BCUT2D eigenvalue weighted by Crippen LogP contribution is 2.38. The Balaban J connectivity index is 1.39. The summed E-state index contributed by atoms with van der Waals surface area (Å²) in [5.41, 5.74) is 1.39. The third kappa shape index (κ3) is 5.10. The van der Waals surface area contributed by atoms with Crippen molar-refractivity contribution in [2.75, 3.05) is 0 Å². The van der Waals surface area contributed by atoms with E-state index in [4.69, 9.17) is 21.1 Å². The quantitative estimate of drug-likeness (QED) is 0.519. The number of carbonyl (C=O) groups excluding carboxylic acids is 1. The summed E-state index contributed by atoms with van der Waals surface area (Å²) in [5, 5.41) is 9.83. The monoisotopic (exact) mass is 486 g/mol. The highest BCUT2D eigenvalue weighted by atomic mass is 35.5. The summed E-state index contributed by atoms with van der Waals surface area (Å²) >= 11 is 6.35. The van der Waals surface area contributed by atoms with E-state index in [1.54, 1.807) is 4.90 Å². The normalized spacial score (nSPS) is 23.4. The van der Waals surface area contributed by atoms with Gasteiger partial charge in [0.25, 0.3) is 0 Å². The number of hydrogen-bond acceptors (Lipinski definition) is 5. The van der Waals surface area contributed by atoms with Gasteiger partial charge in [-0.1, -0.05) is 24.4 Å². The van der Waals surface area contributed by atoms with E-state index in [1.165, 1.54) is 25.7 Å². The Bertz CT molecular complexity index is 1030. The lowest BCUT2D eigenvalue weighted by Crippen LogP contribution is -2.35. The molecule has 8 heteroatoms. The predicted molar refractivity (Wildman–Crippen MR) is 130 cm³/mol. The van der Waals surface area contributed by atoms with Gasteiger partial charge in [-0.25, -0.2) is 4.79 Å². The second-order valence-electron chi connectivity index (χ2n) is 10.9. The van der Waals surface area contributed by atoms with E-state index in [9.17, 15) is 4.79 Å². The van der Waals surface area contributed by atoms with Crippen molar-refractivity contribution in [3.8, 4) is 5.69 Å². The van der Waals surface area contributed by atoms with Gasteiger partial charge in [0, 0.05) is 10.9 Å². The maximum atomic E-state index is 13.0. The van der Waals surface area contributed by atoms with Gasteiger partial charge in [-0.05, 0) is 83.1 Å². The van der Waals surface area contributed by atoms with Gasteiger partial charge in [-0.3, -0.25) is 9.47 Å². The number of aromatic nitrogens is 3. The van der Waals surface area contributed by atoms with Crippen LogP contribution in [0.4, 0.5) is 4.79 Å². The van der Waals surface area contributed by atoms with Crippen LogP contribution in [0.25, 0.3) is 5.69 Å². The van der Waals surface area contributed by atoms with E-state index in [1.807, 2.05) is 39.0 Å². The lowest BCUT2D eigenvalue weighted by molar-refractivity contribution is -0.0288. The molecule has 1 aliphatic heterocycles. The van der Waals surface area contributed by atoms with Crippen LogP contribution < -0.4 is 0 Å². The second kappa shape index (κ2) is 9.50. The molecule has 0 atom stereocenters. The van der Waals surface area contributed by atoms with Crippen LogP contribution >= 0.6 is 11.6 Å². The van der Waals surface area contributed by atoms with Crippen molar-refractivity contribution in [3.63, 3.8) is 0 Å². The highest BCUT2D eigenvalue weighted by Gasteiger charge is 2.33. The molecule has 0 bridgehead atoms. The van der Waals surface area contributed by atoms with Gasteiger partial charge in [0.1, 0.15) is 11.4 Å². The highest BCUT2D eigenvalue weighted by molar-refractivity contribution is 6.30. The third-order valence-corrected chi connectivity index (χ3v) is 7.34. The summed E-state index contributed by atoms with van der Waals surface area (Å²) in [6.07, 6.45) is 9.67. The van der Waals surface area contributed by atoms with Crippen LogP contribution in [0.5, 0.6) is 0 Å². The van der Waals surface area contributed by atoms with Crippen LogP contribution in [0.2, 0.25) is 5.02 Å². The standard InChI is InChI=1S/C26H35ClN4O3/c1-26(2,3)34-25(32)30-15-18-14-19(27)10-13-22(18)31-23(16-30)28-29-24(31)17-8-11-21(12-9-17)33-20-6-4-5-7-20/h10,13-14,17,20-21H,4-9,11-12,15-16H2,1-3H3. The summed E-state index contributed by atoms with van der Waals surface area (Å²) < 4.78 is 14.2. The maximum Gasteiger partial charge on any atom is 0.411 e. The molecule has 5 rings (SSSR count). The maximum absolute atomic E-state index is 13.0. The zero-order valence-electron chi connectivity index (χ0n) is 20.4. The minimum Gasteiger partial charge on any atom is -0.444 e. The molecule has 2 saturated carbocycles. The molecule has 1 aromatic carbocycles. The number of fused-ring (bicyclic) bond motifs is 3. The molecular formula is C26H35ClN4O3. The smallest absolute Gasteiger partial charge is 0.411 e. The number of ether oxygens (including phenoxy) is 2. The van der Waals surface area contributed by atoms with Crippen LogP contribution in [-0.4, -0.2) is 43.6 Å². The van der Waals surface area contributed by atoms with Crippen molar-refractivity contribution in [2.24, 2.45) is 0 Å². The van der Waals surface area contributed by atoms with Crippen molar-refractivity contribution in [3.05, 3.63) is 40.4 Å². The van der Waals surface area contributed by atoms with Crippen molar-refractivity contribution in [1.29, 1.82) is 0 Å². The Morgan fingerprint density at radius 3 is 2.41 bits per heavy atom. The van der Waals surface area contributed by atoms with Gasteiger partial charge < -0.3 is 9.47 Å². The number of halogens is 1. The molecule has 3 aliphatic rings. The Morgan fingerprint density at radius 1 is 1.00 bits per heavy atom. The SMILES string of the molecule is CC(C)(C)OC(=O)N1Cc2cc(Cl)ccc2-n2c(nnc2C2CCC(OC3CCCC3)CC2)C1. The van der Waals surface area contributed by atoms with Crippen LogP contribution in [-0.2, 0) is 22.6 Å². The first-order valence-electron chi connectivity index (χ1n) is 12.6. The molecule has 7 nitrogen and oxygen atoms in total. The molecule has 0 saturated heterocycles. The zero-order chi connectivity index (χ0) is 23.9. The average molecular weight is 487 g/mol. The fraction of sp³-hybridized carbons (Fsp3) is 0.654. The first kappa shape index (κ1) is 23.6. The van der Waals surface area contributed by atoms with Crippen molar-refractivity contribution >= 4 is 17.7 Å². The minimum absolute atomic E-state index is 0.321. The molecule has 34 heavy (non-hydrogen) atoms. The van der Waals surface area contributed by atoms with E-state index < -0.39 is 5.60 Å². The molecule has 1 aromatic heterocycles. The molecule has 2 heterocycles. The summed E-state index contributed by atoms with van der Waals surface area (Å²) in [6, 6.07) is 5.84. The molecule has 0 spiro atoms. The molecule has 0 N–H and O–H groups in total. The van der Waals surface area contributed by atoms with Crippen LogP contribution in [0, 0.1) is 0 Å². The Hall–Kier alpha value is -2.12. The van der Waals surface area contributed by atoms with Crippen molar-refractivity contribution in [2.45, 2.75) is 109 Å². The zero-order valence-corrected chi connectivity index (χ0v) is 21.2. The Labute approximate surface area is 206 Å². The van der Waals surface area contributed by atoms with Crippen molar-refractivity contribution < 1.29 is 14.3 Å². The van der Waals surface area contributed by atoms with Crippen LogP contribution in [0.3, 0.4) is 0 Å². The summed E-state index contributed by atoms with van der Waals surface area (Å²) in [6.45, 7) is 6.38. The van der Waals surface area contributed by atoms with Crippen LogP contribution in [0.1, 0.15) is 95.3 Å². The predicted octanol–water partition coefficient (Wildman–Crippen LogP) is 6.16. The Kier molecular flexibility index (Phi) is 6.60. The first-order valence-corrected chi connectivity index (χ1v) is 13.0. The average Bonchev–Trinajstić information content (AvgIpc) is 3.40. The second-order valence-corrected chi connectivity index (χ2v) is 11.4. The first-order chi connectivity index (χ1) is 16.3. The molecule has 0 unspecified atom stereocenters. The van der Waals surface area contributed by atoms with E-state index in [-0.39, 0.29) is 6.09 Å². The summed E-state index contributed by atoms with van der Waals surface area (Å²) in [7, 11) is 0. The van der Waals surface area contributed by atoms with E-state index in [0.717, 1.165) is 48.6 Å². The number of amides is 1. The Morgan fingerprint density at radius 2 is 1.71 bits per heavy atom. The number of nitrogens with zero attached hydrogens (tertiary/aromatic N) is 4. The summed E-state index contributed by atoms with van der Waals surface area (Å²) in [5.74, 6) is 2.05. The molecular weight excluding hydrogens is 452 g/mol. The fourth-order valence-electron chi connectivity index (χ4n) is 5.50. The lowest BCUT2D eigenvalue weighted by atomic mass is 9.86. The van der Waals surface area contributed by atoms with Gasteiger partial charge in [0.2, 0.25) is 0 Å². The van der Waals surface area contributed by atoms with Gasteiger partial charge in [0.05, 0.1) is 31.0 Å². The van der Waals surface area contributed by atoms with Crippen LogP contribution in [0.15, 0.2) is 18.2 Å². The molecule has 2 aliphatic carbocycles. The van der Waals surface area contributed by atoms with Gasteiger partial charge in [0.15, 0.2) is 5.82 Å². The minimum atomic E-state index is -0.571. The number of benzene rings is 1. The fourth-order valence-corrected chi connectivity index (χ4v) is 5.69. The summed E-state index contributed by atoms with van der Waals surface area (Å²) in [4.78, 5) is 14.6. The number of carbonyl (C=O) groups is 1. The van der Waals surface area contributed by atoms with E-state index in [2.05, 4.69) is 14.8 Å². The van der Waals surface area contributed by atoms with Gasteiger partial charge in [-0.2, -0.15) is 0 Å². The lowest BCUT2D eigenvalue weighted by Gasteiger charge is -2.30. The van der Waals surface area contributed by atoms with Crippen molar-refractivity contribution in [1.82, 2.24) is 19.7 Å². The molecule has 2 fully saturated rings. The van der Waals surface area contributed by atoms with E-state index in [0.29, 0.717) is 36.2 Å². The third-order valence-electron chi connectivity index (χ3n) is 7.11. The number of rotatable bonds is 3. The molecule has 184 valence electrons. The molecule has 0 radical (unpaired) electrons.